The Kier molecular flexibility index (Phi) is 4.69. The molecule has 0 aromatic carbocycles. The van der Waals surface area contributed by atoms with Crippen molar-refractivity contribution in [2.24, 2.45) is 0 Å². The van der Waals surface area contributed by atoms with Gasteiger partial charge in [-0.3, -0.25) is 0 Å². The zero-order valence-electron chi connectivity index (χ0n) is 12.2. The van der Waals surface area contributed by atoms with E-state index >= 15 is 0 Å². The van der Waals surface area contributed by atoms with Crippen molar-refractivity contribution >= 4 is 21.4 Å². The van der Waals surface area contributed by atoms with E-state index in [0.717, 1.165) is 30.2 Å². The maximum atomic E-state index is 12.5. The number of ether oxygens (including phenoxy) is 1. The SMILES string of the molecule is O=S(=O)(NC[C@@H]1CCCO1)c1ccc(-c2cc(C(F)(F)F)on2)s1. The first kappa shape index (κ1) is 17.4. The van der Waals surface area contributed by atoms with Gasteiger partial charge in [0, 0.05) is 19.2 Å². The number of thiophene rings is 1. The van der Waals surface area contributed by atoms with E-state index < -0.39 is 22.0 Å². The van der Waals surface area contributed by atoms with Crippen LogP contribution >= 0.6 is 11.3 Å². The van der Waals surface area contributed by atoms with Gasteiger partial charge in [-0.15, -0.1) is 11.3 Å². The molecule has 132 valence electrons. The van der Waals surface area contributed by atoms with Gasteiger partial charge in [0.25, 0.3) is 0 Å². The van der Waals surface area contributed by atoms with E-state index in [1.54, 1.807) is 0 Å². The summed E-state index contributed by atoms with van der Waals surface area (Å²) in [5.74, 6) is -1.23. The highest BCUT2D eigenvalue weighted by molar-refractivity contribution is 7.91. The molecule has 24 heavy (non-hydrogen) atoms. The molecule has 2 aromatic heterocycles. The van der Waals surface area contributed by atoms with Crippen molar-refractivity contribution < 1.29 is 30.8 Å². The fraction of sp³-hybridized carbons (Fsp3) is 0.462. The molecular formula is C13H13F3N2O4S2. The van der Waals surface area contributed by atoms with E-state index in [0.29, 0.717) is 6.61 Å². The van der Waals surface area contributed by atoms with Crippen LogP contribution in [0.5, 0.6) is 0 Å². The average molecular weight is 382 g/mol. The van der Waals surface area contributed by atoms with E-state index in [4.69, 9.17) is 4.74 Å². The summed E-state index contributed by atoms with van der Waals surface area (Å²) in [6.07, 6.45) is -3.11. The largest absolute Gasteiger partial charge is 0.452 e. The smallest absolute Gasteiger partial charge is 0.377 e. The molecular weight excluding hydrogens is 369 g/mol. The van der Waals surface area contributed by atoms with Crippen LogP contribution in [-0.2, 0) is 20.9 Å². The Labute approximate surface area is 139 Å². The summed E-state index contributed by atoms with van der Waals surface area (Å²) in [6, 6.07) is 3.45. The second kappa shape index (κ2) is 6.47. The molecule has 0 aliphatic carbocycles. The van der Waals surface area contributed by atoms with Gasteiger partial charge in [0.05, 0.1) is 11.0 Å². The molecule has 0 unspecified atom stereocenters. The van der Waals surface area contributed by atoms with Gasteiger partial charge in [0.1, 0.15) is 9.90 Å². The number of nitrogens with zero attached hydrogens (tertiary/aromatic N) is 1. The molecule has 0 bridgehead atoms. The number of halogens is 3. The topological polar surface area (TPSA) is 81.4 Å². The van der Waals surface area contributed by atoms with Gasteiger partial charge < -0.3 is 9.26 Å². The number of sulfonamides is 1. The zero-order valence-corrected chi connectivity index (χ0v) is 13.8. The molecule has 11 heteroatoms. The Morgan fingerprint density at radius 2 is 2.17 bits per heavy atom. The highest BCUT2D eigenvalue weighted by Crippen LogP contribution is 2.35. The van der Waals surface area contributed by atoms with Crippen LogP contribution in [0.15, 0.2) is 26.9 Å². The summed E-state index contributed by atoms with van der Waals surface area (Å²) in [5, 5.41) is 3.34. The number of hydrogen-bond donors (Lipinski definition) is 1. The summed E-state index contributed by atoms with van der Waals surface area (Å²) in [6.45, 7) is 0.779. The van der Waals surface area contributed by atoms with Crippen molar-refractivity contribution in [3.8, 4) is 10.6 Å². The molecule has 1 atom stereocenters. The summed E-state index contributed by atoms with van der Waals surface area (Å²) in [7, 11) is -3.75. The van der Waals surface area contributed by atoms with E-state index in [1.165, 1.54) is 12.1 Å². The molecule has 1 aliphatic rings. The minimum absolute atomic E-state index is 0.00736. The Balaban J connectivity index is 1.73. The molecule has 0 radical (unpaired) electrons. The molecule has 1 N–H and O–H groups in total. The van der Waals surface area contributed by atoms with E-state index in [1.807, 2.05) is 0 Å². The molecule has 3 rings (SSSR count). The Morgan fingerprint density at radius 1 is 1.38 bits per heavy atom. The van der Waals surface area contributed by atoms with Crippen LogP contribution in [0.2, 0.25) is 0 Å². The van der Waals surface area contributed by atoms with Crippen molar-refractivity contribution in [1.82, 2.24) is 9.88 Å². The van der Waals surface area contributed by atoms with Crippen molar-refractivity contribution in [3.05, 3.63) is 24.0 Å². The summed E-state index contributed by atoms with van der Waals surface area (Å²) < 4.78 is 74.0. The Morgan fingerprint density at radius 3 is 2.79 bits per heavy atom. The minimum Gasteiger partial charge on any atom is -0.377 e. The van der Waals surface area contributed by atoms with Gasteiger partial charge in [0.2, 0.25) is 15.8 Å². The third-order valence-electron chi connectivity index (χ3n) is 3.41. The Bertz CT molecular complexity index is 807. The van der Waals surface area contributed by atoms with Crippen LogP contribution in [0.3, 0.4) is 0 Å². The minimum atomic E-state index is -4.64. The van der Waals surface area contributed by atoms with Gasteiger partial charge in [-0.1, -0.05) is 5.16 Å². The van der Waals surface area contributed by atoms with E-state index in [9.17, 15) is 21.6 Å². The lowest BCUT2D eigenvalue weighted by Gasteiger charge is -2.10. The lowest BCUT2D eigenvalue weighted by molar-refractivity contribution is -0.155. The first-order chi connectivity index (χ1) is 11.3. The van der Waals surface area contributed by atoms with Gasteiger partial charge in [-0.2, -0.15) is 13.2 Å². The molecule has 0 spiro atoms. The van der Waals surface area contributed by atoms with Crippen molar-refractivity contribution in [2.75, 3.05) is 13.2 Å². The van der Waals surface area contributed by atoms with Crippen molar-refractivity contribution in [1.29, 1.82) is 0 Å². The highest BCUT2D eigenvalue weighted by Gasteiger charge is 2.36. The highest BCUT2D eigenvalue weighted by atomic mass is 32.2. The molecule has 1 aliphatic heterocycles. The number of aromatic nitrogens is 1. The lowest BCUT2D eigenvalue weighted by atomic mass is 10.2. The number of nitrogens with one attached hydrogen (secondary N) is 1. The third kappa shape index (κ3) is 3.79. The second-order valence-corrected chi connectivity index (χ2v) is 8.26. The van der Waals surface area contributed by atoms with Crippen LogP contribution in [0.4, 0.5) is 13.2 Å². The van der Waals surface area contributed by atoms with Crippen LogP contribution in [0.1, 0.15) is 18.6 Å². The first-order valence-corrected chi connectivity index (χ1v) is 9.31. The fourth-order valence-electron chi connectivity index (χ4n) is 2.21. The van der Waals surface area contributed by atoms with Crippen LogP contribution < -0.4 is 4.72 Å². The van der Waals surface area contributed by atoms with Gasteiger partial charge in [-0.25, -0.2) is 13.1 Å². The van der Waals surface area contributed by atoms with Crippen LogP contribution in [0.25, 0.3) is 10.6 Å². The molecule has 1 fully saturated rings. The number of rotatable bonds is 5. The maximum absolute atomic E-state index is 12.5. The molecule has 6 nitrogen and oxygen atoms in total. The zero-order chi connectivity index (χ0) is 17.4. The molecule has 0 amide bonds. The predicted molar refractivity (Wildman–Crippen MR) is 79.0 cm³/mol. The molecule has 2 aromatic rings. The third-order valence-corrected chi connectivity index (χ3v) is 6.44. The second-order valence-electron chi connectivity index (χ2n) is 5.18. The monoisotopic (exact) mass is 382 g/mol. The van der Waals surface area contributed by atoms with Crippen LogP contribution in [0, 0.1) is 0 Å². The molecule has 1 saturated heterocycles. The summed E-state index contributed by atoms with van der Waals surface area (Å²) >= 11 is 0.818. The van der Waals surface area contributed by atoms with Gasteiger partial charge >= 0.3 is 6.18 Å². The number of hydrogen-bond acceptors (Lipinski definition) is 6. The van der Waals surface area contributed by atoms with Gasteiger partial charge in [-0.05, 0) is 25.0 Å². The average Bonchev–Trinajstić information content (AvgIpc) is 3.23. The Hall–Kier alpha value is -1.43. The summed E-state index contributed by atoms with van der Waals surface area (Å²) in [5.41, 5.74) is -0.0621. The lowest BCUT2D eigenvalue weighted by Crippen LogP contribution is -2.31. The van der Waals surface area contributed by atoms with Gasteiger partial charge in [0.15, 0.2) is 0 Å². The fourth-order valence-corrected chi connectivity index (χ4v) is 4.58. The van der Waals surface area contributed by atoms with E-state index in [2.05, 4.69) is 14.4 Å². The van der Waals surface area contributed by atoms with E-state index in [-0.39, 0.29) is 27.4 Å². The van der Waals surface area contributed by atoms with Crippen molar-refractivity contribution in [2.45, 2.75) is 29.3 Å². The molecule has 3 heterocycles. The van der Waals surface area contributed by atoms with Crippen molar-refractivity contribution in [3.63, 3.8) is 0 Å². The standard InChI is InChI=1S/C13H13F3N2O4S2/c14-13(15,16)11-6-9(18-22-11)10-3-4-12(23-10)24(19,20)17-7-8-2-1-5-21-8/h3-4,6,8,17H,1-2,5,7H2/t8-/m0/s1. The quantitative estimate of drug-likeness (QED) is 0.860. The maximum Gasteiger partial charge on any atom is 0.452 e. The predicted octanol–water partition coefficient (Wildman–Crippen LogP) is 2.88. The summed E-state index contributed by atoms with van der Waals surface area (Å²) in [4.78, 5) is 0.270. The normalized spacial score (nSPS) is 19.0. The van der Waals surface area contributed by atoms with Crippen LogP contribution in [-0.4, -0.2) is 32.8 Å². The first-order valence-electron chi connectivity index (χ1n) is 7.01. The molecule has 0 saturated carbocycles. The number of alkyl halides is 3.